The molecule has 13 heteroatoms. The van der Waals surface area contributed by atoms with Gasteiger partial charge < -0.3 is 19.0 Å². The second-order valence-corrected chi connectivity index (χ2v) is 8.07. The Morgan fingerprint density at radius 2 is 2.11 bits per heavy atom. The molecule has 0 spiro atoms. The number of aryl methyl sites for hydroxylation is 3. The van der Waals surface area contributed by atoms with Crippen LogP contribution in [0.5, 0.6) is 5.75 Å². The molecule has 1 N–H and O–H groups in total. The molecule has 2 aromatic heterocycles. The molecule has 0 aliphatic heterocycles. The number of benzene rings is 2. The summed E-state index contributed by atoms with van der Waals surface area (Å²) in [6.45, 7) is 2.09. The molecule has 4 rings (SSSR count). The van der Waals surface area contributed by atoms with Crippen molar-refractivity contribution in [2.24, 2.45) is 0 Å². The number of nitrogens with one attached hydrogen (secondary N) is 1. The number of non-ortho nitro benzene ring substituents is 1. The quantitative estimate of drug-likeness (QED) is 0.267. The number of nitro groups is 1. The summed E-state index contributed by atoms with van der Waals surface area (Å²) >= 11 is 6.09. The van der Waals surface area contributed by atoms with Crippen molar-refractivity contribution in [1.29, 1.82) is 0 Å². The molecule has 12 nitrogen and oxygen atoms in total. The first-order valence-electron chi connectivity index (χ1n) is 10.5. The lowest BCUT2D eigenvalue weighted by molar-refractivity contribution is -0.384. The van der Waals surface area contributed by atoms with Gasteiger partial charge in [-0.1, -0.05) is 16.8 Å². The number of carbonyl (C=O) groups is 1. The van der Waals surface area contributed by atoms with Crippen molar-refractivity contribution in [3.8, 4) is 5.75 Å². The molecular weight excluding hydrogens is 482 g/mol. The molecule has 4 aromatic rings. The highest BCUT2D eigenvalue weighted by Crippen LogP contribution is 2.31. The Bertz CT molecular complexity index is 1470. The van der Waals surface area contributed by atoms with Crippen molar-refractivity contribution in [1.82, 2.24) is 14.7 Å². The maximum Gasteiger partial charge on any atom is 0.419 e. The number of fused-ring (bicyclic) bond motifs is 1. The maximum absolute atomic E-state index is 12.4. The van der Waals surface area contributed by atoms with Crippen molar-refractivity contribution < 1.29 is 23.4 Å². The van der Waals surface area contributed by atoms with E-state index in [0.29, 0.717) is 40.7 Å². The minimum absolute atomic E-state index is 0.112. The lowest BCUT2D eigenvalue weighted by Crippen LogP contribution is -2.16. The predicted octanol–water partition coefficient (Wildman–Crippen LogP) is 3.67. The van der Waals surface area contributed by atoms with Gasteiger partial charge in [-0.2, -0.15) is 4.98 Å². The fraction of sp³-hybridized carbons (Fsp3) is 0.273. The lowest BCUT2D eigenvalue weighted by atomic mass is 10.2. The van der Waals surface area contributed by atoms with Crippen LogP contribution in [0.25, 0.3) is 11.1 Å². The van der Waals surface area contributed by atoms with E-state index >= 15 is 0 Å². The van der Waals surface area contributed by atoms with Gasteiger partial charge in [-0.25, -0.2) is 4.79 Å². The Hall–Kier alpha value is -4.19. The average Bonchev–Trinajstić information content (AvgIpc) is 3.38. The largest absolute Gasteiger partial charge is 0.495 e. The van der Waals surface area contributed by atoms with Gasteiger partial charge in [0.2, 0.25) is 11.8 Å². The summed E-state index contributed by atoms with van der Waals surface area (Å²) in [6.07, 6.45) is 0.699. The Balaban J connectivity index is 1.35. The standard InChI is InChI=1S/C22H20ClN5O7/c1-12-8-15(17(33-2)10-14(12)23)24-20(29)11-19-25-21(35-26-19)4-3-7-27-16-6-5-13(28(31)32)9-18(16)34-22(27)30/h5-6,8-10H,3-4,7,11H2,1-2H3,(H,24,29). The normalized spacial score (nSPS) is 11.1. The van der Waals surface area contributed by atoms with Crippen molar-refractivity contribution >= 4 is 40.0 Å². The molecule has 0 bridgehead atoms. The number of nitrogens with zero attached hydrogens (tertiary/aromatic N) is 4. The summed E-state index contributed by atoms with van der Waals surface area (Å²) in [4.78, 5) is 39.1. The van der Waals surface area contributed by atoms with Gasteiger partial charge in [0.15, 0.2) is 11.4 Å². The molecule has 2 heterocycles. The zero-order valence-electron chi connectivity index (χ0n) is 18.7. The Labute approximate surface area is 202 Å². The zero-order chi connectivity index (χ0) is 25.1. The van der Waals surface area contributed by atoms with Gasteiger partial charge in [0, 0.05) is 30.1 Å². The second kappa shape index (κ2) is 9.97. The Kier molecular flexibility index (Phi) is 6.82. The highest BCUT2D eigenvalue weighted by Gasteiger charge is 2.16. The number of oxazole rings is 1. The summed E-state index contributed by atoms with van der Waals surface area (Å²) < 4.78 is 16.9. The zero-order valence-corrected chi connectivity index (χ0v) is 19.5. The van der Waals surface area contributed by atoms with Crippen LogP contribution in [0.3, 0.4) is 0 Å². The molecule has 0 saturated carbocycles. The van der Waals surface area contributed by atoms with Crippen molar-refractivity contribution in [3.63, 3.8) is 0 Å². The van der Waals surface area contributed by atoms with Gasteiger partial charge in [-0.05, 0) is 31.0 Å². The van der Waals surface area contributed by atoms with Gasteiger partial charge in [0.25, 0.3) is 5.69 Å². The highest BCUT2D eigenvalue weighted by molar-refractivity contribution is 6.31. The van der Waals surface area contributed by atoms with Crippen molar-refractivity contribution in [2.45, 2.75) is 32.7 Å². The number of aromatic nitrogens is 3. The number of halogens is 1. The lowest BCUT2D eigenvalue weighted by Gasteiger charge is -2.11. The molecule has 35 heavy (non-hydrogen) atoms. The first-order valence-corrected chi connectivity index (χ1v) is 10.9. The van der Waals surface area contributed by atoms with Crippen LogP contribution in [0.4, 0.5) is 11.4 Å². The van der Waals surface area contributed by atoms with E-state index in [1.165, 1.54) is 29.9 Å². The molecule has 0 unspecified atom stereocenters. The van der Waals surface area contributed by atoms with E-state index in [1.807, 2.05) is 6.92 Å². The Morgan fingerprint density at radius 3 is 2.86 bits per heavy atom. The number of methoxy groups -OCH3 is 1. The number of hydrogen-bond acceptors (Lipinski definition) is 9. The SMILES string of the molecule is COc1cc(Cl)c(C)cc1NC(=O)Cc1noc(CCCn2c(=O)oc3cc([N+](=O)[O-])ccc32)n1. The molecule has 2 aromatic carbocycles. The number of carbonyl (C=O) groups excluding carboxylic acids is 1. The third-order valence-electron chi connectivity index (χ3n) is 5.22. The van der Waals surface area contributed by atoms with E-state index in [1.54, 1.807) is 12.1 Å². The molecule has 1 amide bonds. The smallest absolute Gasteiger partial charge is 0.419 e. The highest BCUT2D eigenvalue weighted by atomic mass is 35.5. The van der Waals surface area contributed by atoms with Crippen LogP contribution in [-0.2, 0) is 24.2 Å². The van der Waals surface area contributed by atoms with Crippen LogP contribution in [0, 0.1) is 17.0 Å². The number of rotatable bonds is 9. The maximum atomic E-state index is 12.4. The molecular formula is C22H20ClN5O7. The monoisotopic (exact) mass is 501 g/mol. The fourth-order valence-corrected chi connectivity index (χ4v) is 3.65. The summed E-state index contributed by atoms with van der Waals surface area (Å²) in [5.74, 6) is -0.0249. The predicted molar refractivity (Wildman–Crippen MR) is 125 cm³/mol. The van der Waals surface area contributed by atoms with Crippen molar-refractivity contribution in [3.05, 3.63) is 73.3 Å². The van der Waals surface area contributed by atoms with E-state index < -0.39 is 10.7 Å². The Morgan fingerprint density at radius 1 is 1.31 bits per heavy atom. The third-order valence-corrected chi connectivity index (χ3v) is 5.63. The van der Waals surface area contributed by atoms with E-state index in [-0.39, 0.29) is 36.0 Å². The number of anilines is 1. The average molecular weight is 502 g/mol. The molecule has 0 saturated heterocycles. The van der Waals surface area contributed by atoms with Crippen molar-refractivity contribution in [2.75, 3.05) is 12.4 Å². The van der Waals surface area contributed by atoms with Crippen LogP contribution in [-0.4, -0.2) is 32.6 Å². The number of amides is 1. The number of nitro benzene ring substituents is 1. The summed E-state index contributed by atoms with van der Waals surface area (Å²) in [7, 11) is 1.48. The third kappa shape index (κ3) is 5.32. The number of ether oxygens (including phenoxy) is 1. The minimum atomic E-state index is -0.615. The van der Waals surface area contributed by atoms with Crippen LogP contribution < -0.4 is 15.8 Å². The van der Waals surface area contributed by atoms with Crippen LogP contribution in [0.1, 0.15) is 23.7 Å². The molecule has 0 atom stereocenters. The van der Waals surface area contributed by atoms with Gasteiger partial charge in [-0.3, -0.25) is 19.5 Å². The molecule has 0 aliphatic carbocycles. The van der Waals surface area contributed by atoms with Gasteiger partial charge in [0.05, 0.1) is 35.7 Å². The minimum Gasteiger partial charge on any atom is -0.495 e. The van der Waals surface area contributed by atoms with Gasteiger partial charge >= 0.3 is 5.76 Å². The fourth-order valence-electron chi connectivity index (χ4n) is 3.50. The molecule has 0 radical (unpaired) electrons. The molecule has 0 aliphatic rings. The van der Waals surface area contributed by atoms with Crippen LogP contribution in [0.15, 0.2) is 44.1 Å². The first-order chi connectivity index (χ1) is 16.7. The summed E-state index contributed by atoms with van der Waals surface area (Å²) in [5.41, 5.74) is 1.70. The summed E-state index contributed by atoms with van der Waals surface area (Å²) in [6, 6.07) is 7.32. The number of hydrogen-bond donors (Lipinski definition) is 1. The van der Waals surface area contributed by atoms with E-state index in [2.05, 4.69) is 15.5 Å². The van der Waals surface area contributed by atoms with E-state index in [4.69, 9.17) is 25.3 Å². The first kappa shape index (κ1) is 24.0. The van der Waals surface area contributed by atoms with E-state index in [0.717, 1.165) is 5.56 Å². The molecule has 0 fully saturated rings. The summed E-state index contributed by atoms with van der Waals surface area (Å²) in [5, 5.41) is 18.0. The topological polar surface area (TPSA) is 156 Å². The van der Waals surface area contributed by atoms with Crippen LogP contribution >= 0.6 is 11.6 Å². The second-order valence-electron chi connectivity index (χ2n) is 7.66. The van der Waals surface area contributed by atoms with Gasteiger partial charge in [0.1, 0.15) is 5.75 Å². The van der Waals surface area contributed by atoms with Gasteiger partial charge in [-0.15, -0.1) is 0 Å². The molecule has 182 valence electrons. The van der Waals surface area contributed by atoms with Crippen LogP contribution in [0.2, 0.25) is 5.02 Å². The van der Waals surface area contributed by atoms with E-state index in [9.17, 15) is 19.7 Å².